The number of carbonyl (C=O) groups is 1. The maximum atomic E-state index is 12.4. The molecule has 32 heavy (non-hydrogen) atoms. The Morgan fingerprint density at radius 1 is 0.719 bits per heavy atom. The number of amides is 1. The van der Waals surface area contributed by atoms with Crippen LogP contribution in [0.15, 0.2) is 24.3 Å². The van der Waals surface area contributed by atoms with Crippen molar-refractivity contribution >= 4 is 17.3 Å². The summed E-state index contributed by atoms with van der Waals surface area (Å²) in [7, 11) is 0. The van der Waals surface area contributed by atoms with E-state index in [1.54, 1.807) is 0 Å². The first-order chi connectivity index (χ1) is 15.2. The average molecular weight is 437 g/mol. The Hall–Kier alpha value is -2.29. The molecule has 3 heteroatoms. The summed E-state index contributed by atoms with van der Waals surface area (Å²) in [5, 5.41) is 6.90. The number of aryl methyl sites for hydroxylation is 4. The minimum absolute atomic E-state index is 0.0214. The van der Waals surface area contributed by atoms with Crippen LogP contribution in [0.3, 0.4) is 0 Å². The zero-order valence-electron chi connectivity index (χ0n) is 21.6. The average Bonchev–Trinajstić information content (AvgIpc) is 2.77. The van der Waals surface area contributed by atoms with Crippen LogP contribution in [0.25, 0.3) is 0 Å². The van der Waals surface area contributed by atoms with Gasteiger partial charge in [-0.05, 0) is 71.4 Å². The van der Waals surface area contributed by atoms with Gasteiger partial charge in [0, 0.05) is 23.8 Å². The largest absolute Gasteiger partial charge is 0.384 e. The van der Waals surface area contributed by atoms with Crippen molar-refractivity contribution in [3.63, 3.8) is 0 Å². The Bertz CT molecular complexity index is 861. The van der Waals surface area contributed by atoms with Gasteiger partial charge in [-0.25, -0.2) is 0 Å². The minimum atomic E-state index is -0.0214. The first-order valence-electron chi connectivity index (χ1n) is 12.6. The lowest BCUT2D eigenvalue weighted by atomic mass is 9.92. The van der Waals surface area contributed by atoms with Gasteiger partial charge in [0.25, 0.3) is 0 Å². The molecule has 0 aliphatic heterocycles. The first kappa shape index (κ1) is 26.0. The fourth-order valence-corrected chi connectivity index (χ4v) is 4.20. The highest BCUT2D eigenvalue weighted by molar-refractivity contribution is 5.93. The molecule has 0 aromatic heterocycles. The van der Waals surface area contributed by atoms with Crippen molar-refractivity contribution in [2.45, 2.75) is 87.5 Å². The van der Waals surface area contributed by atoms with Gasteiger partial charge in [0.15, 0.2) is 0 Å². The highest BCUT2D eigenvalue weighted by atomic mass is 16.1. The van der Waals surface area contributed by atoms with Gasteiger partial charge in [0.2, 0.25) is 5.91 Å². The van der Waals surface area contributed by atoms with Gasteiger partial charge in [-0.1, -0.05) is 79.7 Å². The summed E-state index contributed by atoms with van der Waals surface area (Å²) in [4.78, 5) is 12.4. The van der Waals surface area contributed by atoms with E-state index in [-0.39, 0.29) is 11.8 Å². The Morgan fingerprint density at radius 2 is 1.12 bits per heavy atom. The Morgan fingerprint density at radius 3 is 1.47 bits per heavy atom. The van der Waals surface area contributed by atoms with Crippen molar-refractivity contribution in [2.24, 2.45) is 11.8 Å². The molecular weight excluding hydrogens is 392 g/mol. The molecule has 2 aromatic carbocycles. The number of anilines is 2. The van der Waals surface area contributed by atoms with Gasteiger partial charge in [0.1, 0.15) is 0 Å². The van der Waals surface area contributed by atoms with E-state index < -0.39 is 0 Å². The zero-order chi connectivity index (χ0) is 23.8. The van der Waals surface area contributed by atoms with E-state index in [0.29, 0.717) is 5.92 Å². The topological polar surface area (TPSA) is 41.1 Å². The third-order valence-corrected chi connectivity index (χ3v) is 6.11. The van der Waals surface area contributed by atoms with Crippen LogP contribution in [0, 0.1) is 11.8 Å². The smallest absolute Gasteiger partial charge is 0.226 e. The lowest BCUT2D eigenvalue weighted by molar-refractivity contribution is -0.118. The summed E-state index contributed by atoms with van der Waals surface area (Å²) in [5.74, 6) is 0.692. The van der Waals surface area contributed by atoms with Crippen molar-refractivity contribution in [2.75, 3.05) is 17.2 Å². The number of hydrogen-bond donors (Lipinski definition) is 2. The van der Waals surface area contributed by atoms with Gasteiger partial charge >= 0.3 is 0 Å². The lowest BCUT2D eigenvalue weighted by Crippen LogP contribution is -2.20. The molecule has 0 heterocycles. The van der Waals surface area contributed by atoms with Gasteiger partial charge in [0.05, 0.1) is 0 Å². The molecule has 0 aliphatic carbocycles. The third-order valence-electron chi connectivity index (χ3n) is 6.11. The van der Waals surface area contributed by atoms with Crippen LogP contribution >= 0.6 is 0 Å². The molecule has 0 unspecified atom stereocenters. The standard InChI is InChI=1S/C29H44N2O/c1-9-23-14-21(15-24(10-2)27(23)30-18-19(5)6)13-22-16-25(11-3)28(26(12-4)17-22)31-29(32)20(7)8/h14-17,19-20,30H,9-13,18H2,1-8H3,(H,31,32). The van der Waals surface area contributed by atoms with Crippen molar-refractivity contribution in [1.82, 2.24) is 0 Å². The van der Waals surface area contributed by atoms with Crippen LogP contribution in [-0.2, 0) is 36.9 Å². The van der Waals surface area contributed by atoms with Crippen LogP contribution in [0.2, 0.25) is 0 Å². The summed E-state index contributed by atoms with van der Waals surface area (Å²) in [6.45, 7) is 18.2. The van der Waals surface area contributed by atoms with E-state index in [9.17, 15) is 4.79 Å². The van der Waals surface area contributed by atoms with Crippen LogP contribution in [0.5, 0.6) is 0 Å². The van der Waals surface area contributed by atoms with E-state index >= 15 is 0 Å². The van der Waals surface area contributed by atoms with Gasteiger partial charge < -0.3 is 10.6 Å². The summed E-state index contributed by atoms with van der Waals surface area (Å²) in [5.41, 5.74) is 10.3. The number of nitrogens with one attached hydrogen (secondary N) is 2. The molecule has 0 radical (unpaired) electrons. The minimum Gasteiger partial charge on any atom is -0.384 e. The van der Waals surface area contributed by atoms with Gasteiger partial charge in [-0.15, -0.1) is 0 Å². The predicted molar refractivity (Wildman–Crippen MR) is 140 cm³/mol. The lowest BCUT2D eigenvalue weighted by Gasteiger charge is -2.20. The Balaban J connectivity index is 2.42. The highest BCUT2D eigenvalue weighted by Crippen LogP contribution is 2.30. The summed E-state index contributed by atoms with van der Waals surface area (Å²) in [6.07, 6.45) is 4.80. The van der Waals surface area contributed by atoms with E-state index in [1.165, 1.54) is 39.1 Å². The monoisotopic (exact) mass is 436 g/mol. The van der Waals surface area contributed by atoms with E-state index in [4.69, 9.17) is 0 Å². The molecule has 0 fully saturated rings. The summed E-state index contributed by atoms with van der Waals surface area (Å²) >= 11 is 0. The van der Waals surface area contributed by atoms with Gasteiger partial charge in [-0.3, -0.25) is 4.79 Å². The molecule has 0 saturated carbocycles. The maximum absolute atomic E-state index is 12.4. The predicted octanol–water partition coefficient (Wildman–Crippen LogP) is 7.19. The number of rotatable bonds is 11. The molecule has 0 saturated heterocycles. The number of benzene rings is 2. The molecule has 0 spiro atoms. The molecule has 2 N–H and O–H groups in total. The number of hydrogen-bond acceptors (Lipinski definition) is 2. The normalized spacial score (nSPS) is 11.3. The van der Waals surface area contributed by atoms with Crippen molar-refractivity contribution in [1.29, 1.82) is 0 Å². The molecule has 2 rings (SSSR count). The Labute approximate surface area is 196 Å². The van der Waals surface area contributed by atoms with Crippen molar-refractivity contribution in [3.05, 3.63) is 57.6 Å². The fourth-order valence-electron chi connectivity index (χ4n) is 4.20. The third kappa shape index (κ3) is 6.60. The molecular formula is C29H44N2O. The zero-order valence-corrected chi connectivity index (χ0v) is 21.6. The van der Waals surface area contributed by atoms with Crippen LogP contribution in [0.1, 0.15) is 88.8 Å². The quantitative estimate of drug-likeness (QED) is 0.391. The van der Waals surface area contributed by atoms with E-state index in [0.717, 1.165) is 44.3 Å². The molecule has 3 nitrogen and oxygen atoms in total. The van der Waals surface area contributed by atoms with Crippen LogP contribution < -0.4 is 10.6 Å². The second kappa shape index (κ2) is 12.1. The van der Waals surface area contributed by atoms with Crippen molar-refractivity contribution < 1.29 is 4.79 Å². The van der Waals surface area contributed by atoms with E-state index in [1.807, 2.05) is 13.8 Å². The molecule has 176 valence electrons. The second-order valence-electron chi connectivity index (χ2n) is 9.59. The second-order valence-corrected chi connectivity index (χ2v) is 9.59. The summed E-state index contributed by atoms with van der Waals surface area (Å²) in [6, 6.07) is 9.34. The van der Waals surface area contributed by atoms with Crippen LogP contribution in [-0.4, -0.2) is 12.5 Å². The maximum Gasteiger partial charge on any atom is 0.226 e. The first-order valence-corrected chi connectivity index (χ1v) is 12.6. The molecule has 0 bridgehead atoms. The van der Waals surface area contributed by atoms with E-state index in [2.05, 4.69) is 76.4 Å². The SMILES string of the molecule is CCc1cc(Cc2cc(CC)c(NC(=O)C(C)C)c(CC)c2)cc(CC)c1NCC(C)C. The molecule has 0 aliphatic rings. The Kier molecular flexibility index (Phi) is 9.81. The fraction of sp³-hybridized carbons (Fsp3) is 0.552. The van der Waals surface area contributed by atoms with Crippen LogP contribution in [0.4, 0.5) is 11.4 Å². The molecule has 2 aromatic rings. The van der Waals surface area contributed by atoms with Crippen molar-refractivity contribution in [3.8, 4) is 0 Å². The molecule has 1 amide bonds. The summed E-state index contributed by atoms with van der Waals surface area (Å²) < 4.78 is 0. The highest BCUT2D eigenvalue weighted by Gasteiger charge is 2.15. The molecule has 0 atom stereocenters. The number of carbonyl (C=O) groups excluding carboxylic acids is 1. The van der Waals surface area contributed by atoms with Gasteiger partial charge in [-0.2, -0.15) is 0 Å².